The Morgan fingerprint density at radius 2 is 2.06 bits per heavy atom. The minimum absolute atomic E-state index is 0.176. The Morgan fingerprint density at radius 3 is 2.50 bits per heavy atom. The van der Waals surface area contributed by atoms with Crippen molar-refractivity contribution in [2.24, 2.45) is 0 Å². The highest BCUT2D eigenvalue weighted by atomic mass is 19.1. The Balaban J connectivity index is 2.49. The average Bonchev–Trinajstić information content (AvgIpc) is 2.20. The van der Waals surface area contributed by atoms with Crippen LogP contribution in [0.4, 0.5) is 4.39 Å². The third kappa shape index (κ3) is 3.62. The number of nitrogens with one attached hydrogen (secondary N) is 1. The summed E-state index contributed by atoms with van der Waals surface area (Å²) in [6.45, 7) is 4.01. The second-order valence-corrected chi connectivity index (χ2v) is 3.39. The summed E-state index contributed by atoms with van der Waals surface area (Å²) in [7, 11) is 0. The van der Waals surface area contributed by atoms with Crippen molar-refractivity contribution in [3.63, 3.8) is 0 Å². The van der Waals surface area contributed by atoms with Gasteiger partial charge in [-0.3, -0.25) is 4.79 Å². The number of hydrogen-bond donors (Lipinski definition) is 1. The van der Waals surface area contributed by atoms with Gasteiger partial charge in [-0.2, -0.15) is 0 Å². The van der Waals surface area contributed by atoms with Crippen LogP contribution in [0.1, 0.15) is 20.3 Å². The predicted molar refractivity (Wildman–Crippen MR) is 60.3 cm³/mol. The molecule has 0 radical (unpaired) electrons. The first kappa shape index (κ1) is 12.6. The molecule has 0 bridgehead atoms. The van der Waals surface area contributed by atoms with Crippen molar-refractivity contribution in [1.82, 2.24) is 5.32 Å². The Bertz CT molecular complexity index is 341. The Morgan fingerprint density at radius 1 is 1.38 bits per heavy atom. The number of hydrogen-bond acceptors (Lipinski definition) is 2. The zero-order valence-electron chi connectivity index (χ0n) is 9.50. The number of carbonyl (C=O) groups is 1. The van der Waals surface area contributed by atoms with Crippen LogP contribution in [0.3, 0.4) is 0 Å². The van der Waals surface area contributed by atoms with E-state index in [1.54, 1.807) is 19.9 Å². The summed E-state index contributed by atoms with van der Waals surface area (Å²) in [5.74, 6) is -0.515. The van der Waals surface area contributed by atoms with E-state index in [4.69, 9.17) is 4.74 Å². The Hall–Kier alpha value is -1.42. The Kier molecular flexibility index (Phi) is 4.92. The molecular weight excluding hydrogens is 209 g/mol. The van der Waals surface area contributed by atoms with Gasteiger partial charge in [0.05, 0.1) is 6.61 Å². The SMILES string of the molecule is C/C=C(F)/C=C\C(=C/C)NC(=O)C1CCO1. The lowest BCUT2D eigenvalue weighted by atomic mass is 10.1. The highest BCUT2D eigenvalue weighted by molar-refractivity contribution is 5.83. The molecule has 1 heterocycles. The van der Waals surface area contributed by atoms with E-state index in [1.165, 1.54) is 18.2 Å². The molecule has 1 atom stereocenters. The summed E-state index contributed by atoms with van der Waals surface area (Å²) < 4.78 is 17.8. The van der Waals surface area contributed by atoms with Gasteiger partial charge in [-0.05, 0) is 26.0 Å². The van der Waals surface area contributed by atoms with E-state index in [0.717, 1.165) is 6.42 Å². The van der Waals surface area contributed by atoms with E-state index in [1.807, 2.05) is 0 Å². The van der Waals surface area contributed by atoms with Gasteiger partial charge in [-0.15, -0.1) is 0 Å². The lowest BCUT2D eigenvalue weighted by Gasteiger charge is -2.25. The van der Waals surface area contributed by atoms with Crippen molar-refractivity contribution in [1.29, 1.82) is 0 Å². The van der Waals surface area contributed by atoms with Crippen LogP contribution >= 0.6 is 0 Å². The first-order valence-electron chi connectivity index (χ1n) is 5.26. The predicted octanol–water partition coefficient (Wildman–Crippen LogP) is 2.22. The number of carbonyl (C=O) groups excluding carboxylic acids is 1. The molecule has 1 rings (SSSR count). The third-order valence-electron chi connectivity index (χ3n) is 2.27. The van der Waals surface area contributed by atoms with E-state index < -0.39 is 0 Å². The number of amides is 1. The van der Waals surface area contributed by atoms with Gasteiger partial charge in [-0.1, -0.05) is 12.2 Å². The maximum atomic E-state index is 12.8. The maximum absolute atomic E-state index is 12.8. The molecule has 1 saturated heterocycles. The molecule has 3 nitrogen and oxygen atoms in total. The highest BCUT2D eigenvalue weighted by Gasteiger charge is 2.26. The summed E-state index contributed by atoms with van der Waals surface area (Å²) in [4.78, 5) is 11.5. The minimum atomic E-state index is -0.352. The second kappa shape index (κ2) is 6.23. The molecule has 0 aromatic carbocycles. The van der Waals surface area contributed by atoms with Gasteiger partial charge in [0.15, 0.2) is 0 Å². The molecule has 1 fully saturated rings. The summed E-state index contributed by atoms with van der Waals surface area (Å²) in [5, 5.41) is 2.66. The molecule has 4 heteroatoms. The third-order valence-corrected chi connectivity index (χ3v) is 2.27. The van der Waals surface area contributed by atoms with E-state index >= 15 is 0 Å². The fourth-order valence-electron chi connectivity index (χ4n) is 1.14. The summed E-state index contributed by atoms with van der Waals surface area (Å²) in [5.41, 5.74) is 0.567. The largest absolute Gasteiger partial charge is 0.368 e. The highest BCUT2D eigenvalue weighted by Crippen LogP contribution is 2.11. The molecule has 1 aliphatic rings. The molecule has 88 valence electrons. The van der Waals surface area contributed by atoms with E-state index in [0.29, 0.717) is 12.3 Å². The fourth-order valence-corrected chi connectivity index (χ4v) is 1.14. The topological polar surface area (TPSA) is 38.3 Å². The van der Waals surface area contributed by atoms with Crippen LogP contribution in [0, 0.1) is 0 Å². The van der Waals surface area contributed by atoms with Crippen molar-refractivity contribution in [2.75, 3.05) is 6.61 Å². The van der Waals surface area contributed by atoms with Gasteiger partial charge in [0.25, 0.3) is 5.91 Å². The summed E-state index contributed by atoms with van der Waals surface area (Å²) in [6.07, 6.45) is 6.27. The van der Waals surface area contributed by atoms with Crippen molar-refractivity contribution < 1.29 is 13.9 Å². The van der Waals surface area contributed by atoms with Crippen molar-refractivity contribution >= 4 is 5.91 Å². The quantitative estimate of drug-likeness (QED) is 0.745. The molecular formula is C12H16FNO2. The molecule has 1 aliphatic heterocycles. The van der Waals surface area contributed by atoms with E-state index in [9.17, 15) is 9.18 Å². The molecule has 0 aromatic heterocycles. The van der Waals surface area contributed by atoms with Gasteiger partial charge in [-0.25, -0.2) is 4.39 Å². The molecule has 0 aliphatic carbocycles. The van der Waals surface area contributed by atoms with Gasteiger partial charge in [0.2, 0.25) is 0 Å². The number of allylic oxidation sites excluding steroid dienone is 5. The smallest absolute Gasteiger partial charge is 0.253 e. The summed E-state index contributed by atoms with van der Waals surface area (Å²) >= 11 is 0. The van der Waals surface area contributed by atoms with Crippen LogP contribution in [-0.4, -0.2) is 18.6 Å². The molecule has 1 unspecified atom stereocenters. The number of ether oxygens (including phenoxy) is 1. The zero-order valence-corrected chi connectivity index (χ0v) is 9.50. The number of rotatable bonds is 4. The van der Waals surface area contributed by atoms with Crippen LogP contribution in [0.2, 0.25) is 0 Å². The van der Waals surface area contributed by atoms with Crippen LogP contribution in [0.15, 0.2) is 35.8 Å². The van der Waals surface area contributed by atoms with Gasteiger partial charge in [0.1, 0.15) is 11.9 Å². The standard InChI is InChI=1S/C12H16FNO2/c1-3-9(13)5-6-10(4-2)14-12(15)11-7-8-16-11/h3-6,11H,7-8H2,1-2H3,(H,14,15)/b6-5-,9-3-,10-4+. The minimum Gasteiger partial charge on any atom is -0.368 e. The number of halogens is 1. The first-order valence-corrected chi connectivity index (χ1v) is 5.26. The molecule has 0 spiro atoms. The molecule has 0 aromatic rings. The van der Waals surface area contributed by atoms with Gasteiger partial charge >= 0.3 is 0 Å². The van der Waals surface area contributed by atoms with E-state index in [2.05, 4.69) is 5.32 Å². The maximum Gasteiger partial charge on any atom is 0.253 e. The fraction of sp³-hybridized carbons (Fsp3) is 0.417. The molecule has 16 heavy (non-hydrogen) atoms. The average molecular weight is 225 g/mol. The monoisotopic (exact) mass is 225 g/mol. The molecule has 1 N–H and O–H groups in total. The van der Waals surface area contributed by atoms with Crippen LogP contribution in [-0.2, 0) is 9.53 Å². The zero-order chi connectivity index (χ0) is 12.0. The lowest BCUT2D eigenvalue weighted by molar-refractivity contribution is -0.144. The van der Waals surface area contributed by atoms with Crippen molar-refractivity contribution in [2.45, 2.75) is 26.4 Å². The molecule has 1 amide bonds. The van der Waals surface area contributed by atoms with Crippen LogP contribution in [0.5, 0.6) is 0 Å². The summed E-state index contributed by atoms with van der Waals surface area (Å²) in [6, 6.07) is 0. The first-order chi connectivity index (χ1) is 7.67. The lowest BCUT2D eigenvalue weighted by Crippen LogP contribution is -2.42. The van der Waals surface area contributed by atoms with Gasteiger partial charge < -0.3 is 10.1 Å². The molecule has 0 saturated carbocycles. The normalized spacial score (nSPS) is 22.1. The van der Waals surface area contributed by atoms with Gasteiger partial charge in [0, 0.05) is 12.1 Å². The second-order valence-electron chi connectivity index (χ2n) is 3.39. The van der Waals surface area contributed by atoms with Crippen molar-refractivity contribution in [3.8, 4) is 0 Å². The van der Waals surface area contributed by atoms with Crippen molar-refractivity contribution in [3.05, 3.63) is 35.8 Å². The van der Waals surface area contributed by atoms with E-state index in [-0.39, 0.29) is 17.8 Å². The Labute approximate surface area is 94.7 Å². The van der Waals surface area contributed by atoms with Crippen LogP contribution < -0.4 is 5.32 Å². The van der Waals surface area contributed by atoms with Crippen LogP contribution in [0.25, 0.3) is 0 Å².